The average Bonchev–Trinajstić information content (AvgIpc) is 1.65. The van der Waals surface area contributed by atoms with Gasteiger partial charge in [-0.15, -0.1) is 12.4 Å². The van der Waals surface area contributed by atoms with Crippen LogP contribution in [0.2, 0.25) is 0 Å². The van der Waals surface area contributed by atoms with E-state index in [4.69, 9.17) is 5.90 Å². The van der Waals surface area contributed by atoms with Crippen LogP contribution in [0.5, 0.6) is 0 Å². The largest absolute Gasteiger partial charge is 0.301 e. The van der Waals surface area contributed by atoms with Crippen molar-refractivity contribution in [1.82, 2.24) is 0 Å². The maximum Gasteiger partial charge on any atom is 0.0782 e. The smallest absolute Gasteiger partial charge is 0.0782 e. The zero-order valence-corrected chi connectivity index (χ0v) is 6.37. The molecule has 1 atom stereocenters. The molecule has 0 aromatic carbocycles. The van der Waals surface area contributed by atoms with Crippen LogP contribution in [0.25, 0.3) is 0 Å². The number of hydrogen-bond acceptors (Lipinski definition) is 2. The number of hydrogen-bond donors (Lipinski definition) is 1. The van der Waals surface area contributed by atoms with Gasteiger partial charge in [0.1, 0.15) is 0 Å². The van der Waals surface area contributed by atoms with Crippen molar-refractivity contribution in [3.05, 3.63) is 0 Å². The first-order chi connectivity index (χ1) is 3.18. The van der Waals surface area contributed by atoms with Crippen molar-refractivity contribution in [3.63, 3.8) is 0 Å². The third-order valence-corrected chi connectivity index (χ3v) is 1.15. The third kappa shape index (κ3) is 4.37. The first-order valence-corrected chi connectivity index (χ1v) is 2.54. The van der Waals surface area contributed by atoms with Crippen molar-refractivity contribution >= 4 is 12.4 Å². The van der Waals surface area contributed by atoms with Gasteiger partial charge in [-0.25, -0.2) is 5.90 Å². The van der Waals surface area contributed by atoms with E-state index in [0.717, 1.165) is 0 Å². The minimum atomic E-state index is 0. The summed E-state index contributed by atoms with van der Waals surface area (Å²) in [6.07, 6.45) is 0.181. The molecule has 0 rings (SSSR count). The summed E-state index contributed by atoms with van der Waals surface area (Å²) >= 11 is 0. The van der Waals surface area contributed by atoms with E-state index in [1.54, 1.807) is 0 Å². The quantitative estimate of drug-likeness (QED) is 0.586. The van der Waals surface area contributed by atoms with E-state index in [0.29, 0.717) is 5.92 Å². The Morgan fingerprint density at radius 3 is 1.62 bits per heavy atom. The van der Waals surface area contributed by atoms with Gasteiger partial charge in [-0.1, -0.05) is 13.8 Å². The number of nitrogens with two attached hydrogens (primary N) is 1. The molecule has 2 nitrogen and oxygen atoms in total. The molecule has 0 aromatic heterocycles. The van der Waals surface area contributed by atoms with Crippen molar-refractivity contribution in [3.8, 4) is 0 Å². The molecule has 0 radical (unpaired) electrons. The molecule has 3 heteroatoms. The minimum absolute atomic E-state index is 0. The molecule has 0 bridgehead atoms. The molecular formula is C5H14ClNO. The van der Waals surface area contributed by atoms with E-state index in [1.165, 1.54) is 0 Å². The second-order valence-electron chi connectivity index (χ2n) is 2.09. The Morgan fingerprint density at radius 2 is 1.62 bits per heavy atom. The monoisotopic (exact) mass is 139 g/mol. The van der Waals surface area contributed by atoms with Crippen LogP contribution in [0.15, 0.2) is 0 Å². The summed E-state index contributed by atoms with van der Waals surface area (Å²) in [7, 11) is 0. The van der Waals surface area contributed by atoms with E-state index in [1.807, 2.05) is 6.92 Å². The summed E-state index contributed by atoms with van der Waals surface area (Å²) in [5, 5.41) is 0. The van der Waals surface area contributed by atoms with Gasteiger partial charge in [-0.3, -0.25) is 0 Å². The number of halogens is 1. The molecule has 0 fully saturated rings. The van der Waals surface area contributed by atoms with Gasteiger partial charge in [0, 0.05) is 0 Å². The van der Waals surface area contributed by atoms with Gasteiger partial charge >= 0.3 is 0 Å². The van der Waals surface area contributed by atoms with E-state index in [-0.39, 0.29) is 18.5 Å². The van der Waals surface area contributed by atoms with Gasteiger partial charge in [0.25, 0.3) is 0 Å². The highest BCUT2D eigenvalue weighted by Gasteiger charge is 2.02. The SMILES string of the molecule is CC(C)C(C)ON.Cl. The lowest BCUT2D eigenvalue weighted by molar-refractivity contribution is 0.0351. The Morgan fingerprint density at radius 1 is 1.25 bits per heavy atom. The molecule has 0 saturated heterocycles. The predicted octanol–water partition coefficient (Wildman–Crippen LogP) is 1.34. The number of rotatable bonds is 2. The molecule has 0 amide bonds. The fourth-order valence-corrected chi connectivity index (χ4v) is 0.157. The highest BCUT2D eigenvalue weighted by molar-refractivity contribution is 5.85. The Bertz CT molecular complexity index is 49.7. The first-order valence-electron chi connectivity index (χ1n) is 2.54. The van der Waals surface area contributed by atoms with E-state index < -0.39 is 0 Å². The highest BCUT2D eigenvalue weighted by atomic mass is 35.5. The lowest BCUT2D eigenvalue weighted by Gasteiger charge is -2.10. The Hall–Kier alpha value is 0.210. The first kappa shape index (κ1) is 11.1. The summed E-state index contributed by atoms with van der Waals surface area (Å²) in [5.41, 5.74) is 0. The van der Waals surface area contributed by atoms with Crippen LogP contribution in [0.1, 0.15) is 20.8 Å². The van der Waals surface area contributed by atoms with Crippen molar-refractivity contribution in [1.29, 1.82) is 0 Å². The fraction of sp³-hybridized carbons (Fsp3) is 1.00. The summed E-state index contributed by atoms with van der Waals surface area (Å²) in [5.74, 6) is 5.39. The van der Waals surface area contributed by atoms with Crippen molar-refractivity contribution in [2.24, 2.45) is 11.8 Å². The molecule has 0 saturated carbocycles. The van der Waals surface area contributed by atoms with Crippen molar-refractivity contribution in [2.45, 2.75) is 26.9 Å². The fourth-order valence-electron chi connectivity index (χ4n) is 0.157. The molecule has 1 unspecified atom stereocenters. The van der Waals surface area contributed by atoms with Crippen LogP contribution in [0, 0.1) is 5.92 Å². The minimum Gasteiger partial charge on any atom is -0.301 e. The van der Waals surface area contributed by atoms with Crippen LogP contribution in [-0.4, -0.2) is 6.10 Å². The van der Waals surface area contributed by atoms with Gasteiger partial charge in [0.2, 0.25) is 0 Å². The molecule has 8 heavy (non-hydrogen) atoms. The van der Waals surface area contributed by atoms with Crippen LogP contribution in [0.4, 0.5) is 0 Å². The molecule has 0 heterocycles. The van der Waals surface area contributed by atoms with Gasteiger partial charge in [0.15, 0.2) is 0 Å². The van der Waals surface area contributed by atoms with Crippen molar-refractivity contribution in [2.75, 3.05) is 0 Å². The zero-order chi connectivity index (χ0) is 5.86. The third-order valence-electron chi connectivity index (χ3n) is 1.15. The second-order valence-corrected chi connectivity index (χ2v) is 2.09. The second kappa shape index (κ2) is 5.35. The Labute approximate surface area is 56.8 Å². The maximum absolute atomic E-state index is 4.87. The van der Waals surface area contributed by atoms with Crippen LogP contribution in [0.3, 0.4) is 0 Å². The van der Waals surface area contributed by atoms with Gasteiger partial charge in [-0.2, -0.15) is 0 Å². The molecule has 0 aliphatic carbocycles. The van der Waals surface area contributed by atoms with E-state index in [9.17, 15) is 0 Å². The summed E-state index contributed by atoms with van der Waals surface area (Å²) in [4.78, 5) is 4.51. The summed E-state index contributed by atoms with van der Waals surface area (Å²) < 4.78 is 0. The van der Waals surface area contributed by atoms with Gasteiger partial charge in [0.05, 0.1) is 6.10 Å². The molecule has 0 aromatic rings. The van der Waals surface area contributed by atoms with Crippen LogP contribution in [-0.2, 0) is 4.84 Å². The molecule has 52 valence electrons. The van der Waals surface area contributed by atoms with E-state index >= 15 is 0 Å². The zero-order valence-electron chi connectivity index (χ0n) is 5.55. The predicted molar refractivity (Wildman–Crippen MR) is 36.8 cm³/mol. The summed E-state index contributed by atoms with van der Waals surface area (Å²) in [6.45, 7) is 6.08. The molecule has 0 aliphatic rings. The highest BCUT2D eigenvalue weighted by Crippen LogP contribution is 2.00. The Balaban J connectivity index is 0. The molecule has 2 N–H and O–H groups in total. The molecular weight excluding hydrogens is 126 g/mol. The normalized spacial score (nSPS) is 13.1. The van der Waals surface area contributed by atoms with Crippen LogP contribution >= 0.6 is 12.4 Å². The molecule has 0 spiro atoms. The summed E-state index contributed by atoms with van der Waals surface area (Å²) in [6, 6.07) is 0. The average molecular weight is 140 g/mol. The van der Waals surface area contributed by atoms with Gasteiger partial charge in [-0.05, 0) is 12.8 Å². The molecule has 0 aliphatic heterocycles. The standard InChI is InChI=1S/C5H13NO.ClH/c1-4(2)5(3)7-6;/h4-5H,6H2,1-3H3;1H. The topological polar surface area (TPSA) is 35.2 Å². The maximum atomic E-state index is 4.87. The lowest BCUT2D eigenvalue weighted by atomic mass is 10.1. The lowest BCUT2D eigenvalue weighted by Crippen LogP contribution is -2.18. The van der Waals surface area contributed by atoms with E-state index in [2.05, 4.69) is 18.7 Å². The van der Waals surface area contributed by atoms with Gasteiger partial charge < -0.3 is 4.84 Å². The Kier molecular flexibility index (Phi) is 7.40. The van der Waals surface area contributed by atoms with Crippen molar-refractivity contribution < 1.29 is 4.84 Å². The van der Waals surface area contributed by atoms with Crippen LogP contribution < -0.4 is 5.90 Å².